The SMILES string of the molecule is O=[N+]([O-])c1ccc(CC(O)c2cc(Br)cc(Br)c2)cc1. The van der Waals surface area contributed by atoms with E-state index in [1.165, 1.54) is 12.1 Å². The van der Waals surface area contributed by atoms with Gasteiger partial charge in [-0.2, -0.15) is 0 Å². The summed E-state index contributed by atoms with van der Waals surface area (Å²) < 4.78 is 1.76. The molecule has 4 nitrogen and oxygen atoms in total. The molecule has 0 aromatic heterocycles. The second kappa shape index (κ2) is 6.47. The Morgan fingerprint density at radius 2 is 1.65 bits per heavy atom. The van der Waals surface area contributed by atoms with Crippen LogP contribution in [0.1, 0.15) is 17.2 Å². The molecule has 1 unspecified atom stereocenters. The van der Waals surface area contributed by atoms with Crippen molar-refractivity contribution in [3.63, 3.8) is 0 Å². The van der Waals surface area contributed by atoms with Crippen molar-refractivity contribution in [3.05, 3.63) is 72.7 Å². The molecule has 104 valence electrons. The number of nitro benzene ring substituents is 1. The molecule has 0 saturated heterocycles. The van der Waals surface area contributed by atoms with Gasteiger partial charge in [-0.05, 0) is 29.3 Å². The molecule has 1 N–H and O–H groups in total. The van der Waals surface area contributed by atoms with Gasteiger partial charge in [-0.15, -0.1) is 0 Å². The summed E-state index contributed by atoms with van der Waals surface area (Å²) in [6.07, 6.45) is -0.258. The molecular weight excluding hydrogens is 390 g/mol. The zero-order valence-electron chi connectivity index (χ0n) is 10.3. The Balaban J connectivity index is 2.14. The normalized spacial score (nSPS) is 12.2. The quantitative estimate of drug-likeness (QED) is 0.611. The molecule has 6 heteroatoms. The highest BCUT2D eigenvalue weighted by Crippen LogP contribution is 2.26. The lowest BCUT2D eigenvalue weighted by Crippen LogP contribution is -2.02. The summed E-state index contributed by atoms with van der Waals surface area (Å²) >= 11 is 6.75. The standard InChI is InChI=1S/C14H11Br2NO3/c15-11-6-10(7-12(16)8-11)14(18)5-9-1-3-13(4-2-9)17(19)20/h1-4,6-8,14,18H,5H2. The van der Waals surface area contributed by atoms with Crippen molar-refractivity contribution in [2.75, 3.05) is 0 Å². The molecule has 20 heavy (non-hydrogen) atoms. The van der Waals surface area contributed by atoms with Crippen LogP contribution < -0.4 is 0 Å². The number of non-ortho nitro benzene ring substituents is 1. The molecule has 2 aromatic rings. The van der Waals surface area contributed by atoms with Gasteiger partial charge in [0, 0.05) is 27.5 Å². The highest BCUT2D eigenvalue weighted by molar-refractivity contribution is 9.11. The molecule has 0 spiro atoms. The van der Waals surface area contributed by atoms with Crippen LogP contribution >= 0.6 is 31.9 Å². The second-order valence-electron chi connectivity index (χ2n) is 4.35. The summed E-state index contributed by atoms with van der Waals surface area (Å²) in [5.41, 5.74) is 1.68. The first-order chi connectivity index (χ1) is 9.45. The Kier molecular flexibility index (Phi) is 4.91. The minimum absolute atomic E-state index is 0.0495. The van der Waals surface area contributed by atoms with Gasteiger partial charge in [0.05, 0.1) is 11.0 Å². The molecule has 0 bridgehead atoms. The maximum absolute atomic E-state index is 10.6. The summed E-state index contributed by atoms with van der Waals surface area (Å²) in [4.78, 5) is 10.1. The Bertz CT molecular complexity index is 609. The zero-order chi connectivity index (χ0) is 14.7. The first-order valence-electron chi connectivity index (χ1n) is 5.83. The number of benzene rings is 2. The van der Waals surface area contributed by atoms with Crippen LogP contribution in [0.3, 0.4) is 0 Å². The predicted molar refractivity (Wildman–Crippen MR) is 83.6 cm³/mol. The molecule has 0 aliphatic heterocycles. The van der Waals surface area contributed by atoms with Crippen LogP contribution in [0.2, 0.25) is 0 Å². The number of nitro groups is 1. The first-order valence-corrected chi connectivity index (χ1v) is 7.41. The van der Waals surface area contributed by atoms with E-state index in [2.05, 4.69) is 31.9 Å². The Morgan fingerprint density at radius 1 is 1.10 bits per heavy atom. The van der Waals surface area contributed by atoms with Gasteiger partial charge in [-0.1, -0.05) is 44.0 Å². The maximum atomic E-state index is 10.6. The molecule has 0 radical (unpaired) electrons. The lowest BCUT2D eigenvalue weighted by atomic mass is 10.0. The first kappa shape index (κ1) is 15.2. The molecule has 2 aromatic carbocycles. The van der Waals surface area contributed by atoms with Crippen LogP contribution in [0.4, 0.5) is 5.69 Å². The van der Waals surface area contributed by atoms with E-state index in [-0.39, 0.29) is 5.69 Å². The smallest absolute Gasteiger partial charge is 0.269 e. The molecule has 2 rings (SSSR count). The number of halogens is 2. The second-order valence-corrected chi connectivity index (χ2v) is 6.18. The number of rotatable bonds is 4. The van der Waals surface area contributed by atoms with E-state index < -0.39 is 11.0 Å². The third-order valence-corrected chi connectivity index (χ3v) is 3.76. The number of nitrogens with zero attached hydrogens (tertiary/aromatic N) is 1. The van der Waals surface area contributed by atoms with Gasteiger partial charge in [0.25, 0.3) is 5.69 Å². The summed E-state index contributed by atoms with van der Waals surface area (Å²) in [5.74, 6) is 0. The van der Waals surface area contributed by atoms with Gasteiger partial charge in [0.15, 0.2) is 0 Å². The van der Waals surface area contributed by atoms with Crippen molar-refractivity contribution in [1.82, 2.24) is 0 Å². The Hall–Kier alpha value is -1.24. The lowest BCUT2D eigenvalue weighted by Gasteiger charge is -2.12. The molecule has 0 aliphatic carbocycles. The van der Waals surface area contributed by atoms with Crippen molar-refractivity contribution in [2.24, 2.45) is 0 Å². The third-order valence-electron chi connectivity index (χ3n) is 2.85. The number of hydrogen-bond donors (Lipinski definition) is 1. The van der Waals surface area contributed by atoms with Gasteiger partial charge in [-0.25, -0.2) is 0 Å². The van der Waals surface area contributed by atoms with E-state index in [0.29, 0.717) is 6.42 Å². The largest absolute Gasteiger partial charge is 0.388 e. The fraction of sp³-hybridized carbons (Fsp3) is 0.143. The Labute approximate surface area is 132 Å². The fourth-order valence-electron chi connectivity index (χ4n) is 1.86. The Morgan fingerprint density at radius 3 is 2.15 bits per heavy atom. The highest BCUT2D eigenvalue weighted by Gasteiger charge is 2.11. The van der Waals surface area contributed by atoms with Gasteiger partial charge in [-0.3, -0.25) is 10.1 Å². The van der Waals surface area contributed by atoms with E-state index >= 15 is 0 Å². The molecule has 0 fully saturated rings. The minimum atomic E-state index is -0.662. The van der Waals surface area contributed by atoms with Crippen LogP contribution in [0.15, 0.2) is 51.4 Å². The van der Waals surface area contributed by atoms with Crippen molar-refractivity contribution < 1.29 is 10.0 Å². The minimum Gasteiger partial charge on any atom is -0.388 e. The molecule has 0 aliphatic rings. The molecule has 0 amide bonds. The van der Waals surface area contributed by atoms with Gasteiger partial charge >= 0.3 is 0 Å². The van der Waals surface area contributed by atoms with Crippen molar-refractivity contribution in [3.8, 4) is 0 Å². The van der Waals surface area contributed by atoms with E-state index in [4.69, 9.17) is 0 Å². The van der Waals surface area contributed by atoms with Crippen LogP contribution in [0.5, 0.6) is 0 Å². The van der Waals surface area contributed by atoms with Crippen molar-refractivity contribution >= 4 is 37.5 Å². The summed E-state index contributed by atoms with van der Waals surface area (Å²) in [7, 11) is 0. The summed E-state index contributed by atoms with van der Waals surface area (Å²) in [5, 5.41) is 20.8. The zero-order valence-corrected chi connectivity index (χ0v) is 13.5. The van der Waals surface area contributed by atoms with E-state index in [9.17, 15) is 15.2 Å². The highest BCUT2D eigenvalue weighted by atomic mass is 79.9. The number of aliphatic hydroxyl groups is 1. The van der Waals surface area contributed by atoms with E-state index in [1.54, 1.807) is 12.1 Å². The number of aliphatic hydroxyl groups excluding tert-OH is 1. The molecule has 0 saturated carbocycles. The summed E-state index contributed by atoms with van der Waals surface area (Å²) in [6, 6.07) is 11.8. The third kappa shape index (κ3) is 3.88. The maximum Gasteiger partial charge on any atom is 0.269 e. The van der Waals surface area contributed by atoms with Gasteiger partial charge in [0.1, 0.15) is 0 Å². The van der Waals surface area contributed by atoms with Gasteiger partial charge in [0.2, 0.25) is 0 Å². The van der Waals surface area contributed by atoms with Crippen LogP contribution in [-0.4, -0.2) is 10.0 Å². The van der Waals surface area contributed by atoms with Crippen LogP contribution in [0, 0.1) is 10.1 Å². The fourth-order valence-corrected chi connectivity index (χ4v) is 3.19. The van der Waals surface area contributed by atoms with E-state index in [0.717, 1.165) is 20.1 Å². The monoisotopic (exact) mass is 399 g/mol. The summed E-state index contributed by atoms with van der Waals surface area (Å²) in [6.45, 7) is 0. The van der Waals surface area contributed by atoms with Crippen LogP contribution in [0.25, 0.3) is 0 Å². The molecule has 1 atom stereocenters. The topological polar surface area (TPSA) is 63.4 Å². The molecular formula is C14H11Br2NO3. The average Bonchev–Trinajstić information content (AvgIpc) is 2.38. The van der Waals surface area contributed by atoms with Gasteiger partial charge < -0.3 is 5.11 Å². The predicted octanol–water partition coefficient (Wildman–Crippen LogP) is 4.40. The van der Waals surface area contributed by atoms with Crippen molar-refractivity contribution in [1.29, 1.82) is 0 Å². The van der Waals surface area contributed by atoms with Crippen molar-refractivity contribution in [2.45, 2.75) is 12.5 Å². The molecule has 0 heterocycles. The lowest BCUT2D eigenvalue weighted by molar-refractivity contribution is -0.384. The average molecular weight is 401 g/mol. The van der Waals surface area contributed by atoms with Crippen LogP contribution in [-0.2, 0) is 6.42 Å². The van der Waals surface area contributed by atoms with E-state index in [1.807, 2.05) is 18.2 Å². The number of hydrogen-bond acceptors (Lipinski definition) is 3.